The maximum absolute atomic E-state index is 9.85. The van der Waals surface area contributed by atoms with E-state index in [0.717, 1.165) is 16.7 Å². The summed E-state index contributed by atoms with van der Waals surface area (Å²) in [7, 11) is 4.68. The third kappa shape index (κ3) is 2.54. The largest absolute Gasteiger partial charge is 0.506 e. The topological polar surface area (TPSA) is 73.9 Å². The van der Waals surface area contributed by atoms with Crippen molar-refractivity contribution in [3.63, 3.8) is 0 Å². The Balaban J connectivity index is 2.72. The highest BCUT2D eigenvalue weighted by atomic mass is 16.5. The van der Waals surface area contributed by atoms with Crippen LogP contribution in [0, 0.1) is 6.92 Å². The lowest BCUT2D eigenvalue weighted by atomic mass is 9.98. The fraction of sp³-hybridized carbons (Fsp3) is 0.250. The molecule has 0 atom stereocenters. The summed E-state index contributed by atoms with van der Waals surface area (Å²) in [6.07, 6.45) is 0. The van der Waals surface area contributed by atoms with Gasteiger partial charge in [-0.25, -0.2) is 0 Å². The summed E-state index contributed by atoms with van der Waals surface area (Å²) in [5, 5.41) is 9.85. The number of anilines is 1. The van der Waals surface area contributed by atoms with Crippen LogP contribution in [0.15, 0.2) is 24.3 Å². The van der Waals surface area contributed by atoms with Crippen LogP contribution >= 0.6 is 0 Å². The van der Waals surface area contributed by atoms with Gasteiger partial charge >= 0.3 is 0 Å². The van der Waals surface area contributed by atoms with E-state index in [1.165, 1.54) is 0 Å². The maximum Gasteiger partial charge on any atom is 0.203 e. The Kier molecular flexibility index (Phi) is 4.12. The van der Waals surface area contributed by atoms with Gasteiger partial charge < -0.3 is 25.1 Å². The van der Waals surface area contributed by atoms with Gasteiger partial charge in [0.15, 0.2) is 11.5 Å². The third-order valence-corrected chi connectivity index (χ3v) is 3.37. The monoisotopic (exact) mass is 289 g/mol. The number of phenolic OH excluding ortho intramolecular Hbond substituents is 1. The van der Waals surface area contributed by atoms with Crippen LogP contribution in [0.3, 0.4) is 0 Å². The zero-order valence-corrected chi connectivity index (χ0v) is 12.6. The highest BCUT2D eigenvalue weighted by molar-refractivity contribution is 5.81. The molecule has 0 aliphatic carbocycles. The third-order valence-electron chi connectivity index (χ3n) is 3.37. The van der Waals surface area contributed by atoms with E-state index >= 15 is 0 Å². The molecule has 5 heteroatoms. The van der Waals surface area contributed by atoms with Gasteiger partial charge in [-0.05, 0) is 42.3 Å². The average molecular weight is 289 g/mol. The molecule has 2 rings (SSSR count). The Labute approximate surface area is 123 Å². The minimum Gasteiger partial charge on any atom is -0.506 e. The first-order valence-electron chi connectivity index (χ1n) is 6.41. The van der Waals surface area contributed by atoms with E-state index in [0.29, 0.717) is 22.9 Å². The quantitative estimate of drug-likeness (QED) is 0.668. The van der Waals surface area contributed by atoms with E-state index in [2.05, 4.69) is 0 Å². The minimum atomic E-state index is 0.0347. The van der Waals surface area contributed by atoms with Crippen LogP contribution in [-0.2, 0) is 0 Å². The first-order valence-corrected chi connectivity index (χ1v) is 6.41. The zero-order valence-electron chi connectivity index (χ0n) is 12.6. The first kappa shape index (κ1) is 14.8. The van der Waals surface area contributed by atoms with E-state index in [-0.39, 0.29) is 5.75 Å². The number of methoxy groups -OCH3 is 3. The van der Waals surface area contributed by atoms with Gasteiger partial charge in [0.2, 0.25) is 5.75 Å². The van der Waals surface area contributed by atoms with Crippen LogP contribution in [0.1, 0.15) is 5.56 Å². The Morgan fingerprint density at radius 3 is 2.14 bits per heavy atom. The molecule has 0 amide bonds. The van der Waals surface area contributed by atoms with Gasteiger partial charge in [0.05, 0.1) is 27.0 Å². The molecular weight excluding hydrogens is 270 g/mol. The number of phenols is 1. The molecular formula is C16H19NO4. The minimum absolute atomic E-state index is 0.0347. The number of hydrogen-bond donors (Lipinski definition) is 2. The SMILES string of the molecule is COc1ccc(-c2cc(O)c(N)cc2C)c(OC)c1OC. The first-order chi connectivity index (χ1) is 10.0. The van der Waals surface area contributed by atoms with Gasteiger partial charge in [-0.3, -0.25) is 0 Å². The van der Waals surface area contributed by atoms with Crippen molar-refractivity contribution in [3.8, 4) is 34.1 Å². The maximum atomic E-state index is 9.85. The van der Waals surface area contributed by atoms with Gasteiger partial charge in [-0.15, -0.1) is 0 Å². The molecule has 0 fully saturated rings. The number of aromatic hydroxyl groups is 1. The summed E-state index contributed by atoms with van der Waals surface area (Å²) >= 11 is 0. The second-order valence-corrected chi connectivity index (χ2v) is 4.61. The predicted octanol–water partition coefficient (Wildman–Crippen LogP) is 2.98. The molecule has 3 N–H and O–H groups in total. The summed E-state index contributed by atoms with van der Waals surface area (Å²) < 4.78 is 16.1. The summed E-state index contributed by atoms with van der Waals surface area (Å²) in [5.41, 5.74) is 8.60. The van der Waals surface area contributed by atoms with Gasteiger partial charge in [0.25, 0.3) is 0 Å². The van der Waals surface area contributed by atoms with Crippen LogP contribution in [0.5, 0.6) is 23.0 Å². The van der Waals surface area contributed by atoms with Crippen LogP contribution in [0.4, 0.5) is 5.69 Å². The molecule has 21 heavy (non-hydrogen) atoms. The van der Waals surface area contributed by atoms with Crippen molar-refractivity contribution in [2.45, 2.75) is 6.92 Å². The van der Waals surface area contributed by atoms with Crippen molar-refractivity contribution in [2.24, 2.45) is 0 Å². The molecule has 0 aliphatic heterocycles. The molecule has 0 heterocycles. The molecule has 0 unspecified atom stereocenters. The van der Waals surface area contributed by atoms with Crippen molar-refractivity contribution >= 4 is 5.69 Å². The summed E-state index contributed by atoms with van der Waals surface area (Å²) in [6, 6.07) is 7.00. The van der Waals surface area contributed by atoms with E-state index < -0.39 is 0 Å². The van der Waals surface area contributed by atoms with Crippen molar-refractivity contribution < 1.29 is 19.3 Å². The van der Waals surface area contributed by atoms with Gasteiger partial charge in [0.1, 0.15) is 5.75 Å². The molecule has 112 valence electrons. The number of ether oxygens (including phenoxy) is 3. The Morgan fingerprint density at radius 2 is 1.57 bits per heavy atom. The number of aryl methyl sites for hydroxylation is 1. The van der Waals surface area contributed by atoms with Crippen LogP contribution in [-0.4, -0.2) is 26.4 Å². The van der Waals surface area contributed by atoms with Crippen LogP contribution in [0.25, 0.3) is 11.1 Å². The molecule has 0 aliphatic rings. The molecule has 5 nitrogen and oxygen atoms in total. The van der Waals surface area contributed by atoms with Crippen molar-refractivity contribution in [2.75, 3.05) is 27.1 Å². The van der Waals surface area contributed by atoms with E-state index in [9.17, 15) is 5.11 Å². The average Bonchev–Trinajstić information content (AvgIpc) is 2.49. The van der Waals surface area contributed by atoms with Gasteiger partial charge in [0, 0.05) is 5.56 Å². The zero-order chi connectivity index (χ0) is 15.6. The molecule has 0 bridgehead atoms. The molecule has 2 aromatic rings. The van der Waals surface area contributed by atoms with Crippen molar-refractivity contribution in [1.29, 1.82) is 0 Å². The Hall–Kier alpha value is -2.56. The van der Waals surface area contributed by atoms with Gasteiger partial charge in [-0.1, -0.05) is 0 Å². The van der Waals surface area contributed by atoms with Crippen molar-refractivity contribution in [1.82, 2.24) is 0 Å². The van der Waals surface area contributed by atoms with E-state index in [1.807, 2.05) is 13.0 Å². The second kappa shape index (κ2) is 5.83. The summed E-state index contributed by atoms with van der Waals surface area (Å²) in [5.74, 6) is 1.67. The predicted molar refractivity (Wildman–Crippen MR) is 82.3 cm³/mol. The normalized spacial score (nSPS) is 10.3. The molecule has 2 aromatic carbocycles. The molecule has 0 aromatic heterocycles. The number of nitrogens with two attached hydrogens (primary N) is 1. The highest BCUT2D eigenvalue weighted by Gasteiger charge is 2.18. The molecule has 0 saturated heterocycles. The van der Waals surface area contributed by atoms with E-state index in [1.54, 1.807) is 39.5 Å². The Morgan fingerprint density at radius 1 is 0.905 bits per heavy atom. The smallest absolute Gasteiger partial charge is 0.203 e. The lowest BCUT2D eigenvalue weighted by Crippen LogP contribution is -1.98. The lowest BCUT2D eigenvalue weighted by Gasteiger charge is -2.17. The molecule has 0 saturated carbocycles. The number of hydrogen-bond acceptors (Lipinski definition) is 5. The number of benzene rings is 2. The van der Waals surface area contributed by atoms with Gasteiger partial charge in [-0.2, -0.15) is 0 Å². The summed E-state index contributed by atoms with van der Waals surface area (Å²) in [4.78, 5) is 0. The Bertz CT molecular complexity index is 668. The second-order valence-electron chi connectivity index (χ2n) is 4.61. The van der Waals surface area contributed by atoms with Crippen molar-refractivity contribution in [3.05, 3.63) is 29.8 Å². The lowest BCUT2D eigenvalue weighted by molar-refractivity contribution is 0.325. The highest BCUT2D eigenvalue weighted by Crippen LogP contribution is 2.46. The molecule has 0 radical (unpaired) electrons. The number of rotatable bonds is 4. The summed E-state index contributed by atoms with van der Waals surface area (Å²) in [6.45, 7) is 1.92. The molecule has 0 spiro atoms. The fourth-order valence-electron chi connectivity index (χ4n) is 2.32. The standard InChI is InChI=1S/C16H19NO4/c1-9-7-12(17)13(18)8-11(9)10-5-6-14(19-2)16(21-4)15(10)20-3/h5-8,18H,17H2,1-4H3. The number of nitrogen functional groups attached to an aromatic ring is 1. The van der Waals surface area contributed by atoms with Crippen LogP contribution in [0.2, 0.25) is 0 Å². The van der Waals surface area contributed by atoms with Crippen LogP contribution < -0.4 is 19.9 Å². The van der Waals surface area contributed by atoms with E-state index in [4.69, 9.17) is 19.9 Å². The fourth-order valence-corrected chi connectivity index (χ4v) is 2.32.